The predicted molar refractivity (Wildman–Crippen MR) is 77.7 cm³/mol. The fourth-order valence-corrected chi connectivity index (χ4v) is 2.74. The highest BCUT2D eigenvalue weighted by Gasteiger charge is 2.23. The lowest BCUT2D eigenvalue weighted by Gasteiger charge is -2.29. The van der Waals surface area contributed by atoms with Crippen LogP contribution >= 0.6 is 0 Å². The highest BCUT2D eigenvalue weighted by molar-refractivity contribution is 5.78. The van der Waals surface area contributed by atoms with Crippen LogP contribution in [0.4, 0.5) is 5.69 Å². The SMILES string of the molecule is NC(=O)C1CCN(Cc2nc3ccc(N)cc3[nH]2)CC1. The van der Waals surface area contributed by atoms with Gasteiger partial charge in [-0.25, -0.2) is 4.98 Å². The third-order valence-corrected chi connectivity index (χ3v) is 3.92. The fourth-order valence-electron chi connectivity index (χ4n) is 2.74. The number of nitrogens with one attached hydrogen (secondary N) is 1. The molecule has 20 heavy (non-hydrogen) atoms. The first-order valence-electron chi connectivity index (χ1n) is 6.87. The van der Waals surface area contributed by atoms with E-state index in [4.69, 9.17) is 11.5 Å². The monoisotopic (exact) mass is 273 g/mol. The summed E-state index contributed by atoms with van der Waals surface area (Å²) in [5.74, 6) is 0.786. The van der Waals surface area contributed by atoms with Crippen LogP contribution in [0.5, 0.6) is 0 Å². The topological polar surface area (TPSA) is 101 Å². The smallest absolute Gasteiger partial charge is 0.220 e. The van der Waals surface area contributed by atoms with E-state index >= 15 is 0 Å². The second-order valence-corrected chi connectivity index (χ2v) is 5.41. The summed E-state index contributed by atoms with van der Waals surface area (Å²) in [6, 6.07) is 5.67. The van der Waals surface area contributed by atoms with E-state index in [0.29, 0.717) is 0 Å². The standard InChI is InChI=1S/C14H19N5O/c15-10-1-2-11-12(7-10)18-13(17-11)8-19-5-3-9(4-6-19)14(16)20/h1-2,7,9H,3-6,8,15H2,(H2,16,20)(H,17,18). The Hall–Kier alpha value is -2.08. The van der Waals surface area contributed by atoms with Gasteiger partial charge in [-0.2, -0.15) is 0 Å². The number of carbonyl (C=O) groups is 1. The van der Waals surface area contributed by atoms with Gasteiger partial charge < -0.3 is 16.5 Å². The van der Waals surface area contributed by atoms with Crippen LogP contribution in [0.25, 0.3) is 11.0 Å². The van der Waals surface area contributed by atoms with Crippen molar-refractivity contribution in [2.24, 2.45) is 11.7 Å². The molecule has 2 heterocycles. The first-order valence-corrected chi connectivity index (χ1v) is 6.87. The number of aromatic amines is 1. The van der Waals surface area contributed by atoms with Crippen molar-refractivity contribution in [2.45, 2.75) is 19.4 Å². The number of piperidine rings is 1. The number of anilines is 1. The number of H-pyrrole nitrogens is 1. The summed E-state index contributed by atoms with van der Waals surface area (Å²) in [7, 11) is 0. The minimum absolute atomic E-state index is 0.0294. The van der Waals surface area contributed by atoms with Crippen molar-refractivity contribution in [1.82, 2.24) is 14.9 Å². The minimum Gasteiger partial charge on any atom is -0.399 e. The highest BCUT2D eigenvalue weighted by atomic mass is 16.1. The van der Waals surface area contributed by atoms with E-state index in [1.807, 2.05) is 18.2 Å². The number of amides is 1. The normalized spacial score (nSPS) is 17.6. The van der Waals surface area contributed by atoms with Crippen LogP contribution in [0, 0.1) is 5.92 Å². The van der Waals surface area contributed by atoms with Gasteiger partial charge in [0.2, 0.25) is 5.91 Å². The number of likely N-dealkylation sites (tertiary alicyclic amines) is 1. The van der Waals surface area contributed by atoms with Crippen LogP contribution in [0.2, 0.25) is 0 Å². The molecule has 1 amide bonds. The molecule has 0 saturated carbocycles. The number of hydrogen-bond acceptors (Lipinski definition) is 4. The molecule has 0 radical (unpaired) electrons. The van der Waals surface area contributed by atoms with Gasteiger partial charge in [0.15, 0.2) is 0 Å². The number of nitrogens with zero attached hydrogens (tertiary/aromatic N) is 2. The van der Waals surface area contributed by atoms with Gasteiger partial charge in [0, 0.05) is 11.6 Å². The molecule has 6 heteroatoms. The number of rotatable bonds is 3. The number of benzene rings is 1. The number of nitrogens with two attached hydrogens (primary N) is 2. The van der Waals surface area contributed by atoms with Crippen molar-refractivity contribution < 1.29 is 4.79 Å². The van der Waals surface area contributed by atoms with Gasteiger partial charge >= 0.3 is 0 Å². The second kappa shape index (κ2) is 5.13. The molecule has 3 rings (SSSR count). The maximum atomic E-state index is 11.1. The van der Waals surface area contributed by atoms with E-state index in [1.165, 1.54) is 0 Å². The van der Waals surface area contributed by atoms with Gasteiger partial charge in [0.05, 0.1) is 17.6 Å². The zero-order valence-corrected chi connectivity index (χ0v) is 11.3. The van der Waals surface area contributed by atoms with Crippen molar-refractivity contribution >= 4 is 22.6 Å². The molecule has 1 aliphatic rings. The van der Waals surface area contributed by atoms with Crippen LogP contribution in [0.1, 0.15) is 18.7 Å². The summed E-state index contributed by atoms with van der Waals surface area (Å²) < 4.78 is 0. The van der Waals surface area contributed by atoms with Crippen LogP contribution < -0.4 is 11.5 Å². The summed E-state index contributed by atoms with van der Waals surface area (Å²) in [5.41, 5.74) is 13.7. The minimum atomic E-state index is -0.177. The second-order valence-electron chi connectivity index (χ2n) is 5.41. The number of imidazole rings is 1. The van der Waals surface area contributed by atoms with Crippen LogP contribution in [-0.2, 0) is 11.3 Å². The molecule has 1 aliphatic heterocycles. The van der Waals surface area contributed by atoms with Gasteiger partial charge in [0.25, 0.3) is 0 Å². The van der Waals surface area contributed by atoms with Crippen LogP contribution in [0.3, 0.4) is 0 Å². The van der Waals surface area contributed by atoms with E-state index in [-0.39, 0.29) is 11.8 Å². The Kier molecular flexibility index (Phi) is 3.31. The van der Waals surface area contributed by atoms with Crippen LogP contribution in [-0.4, -0.2) is 33.9 Å². The van der Waals surface area contributed by atoms with E-state index in [9.17, 15) is 4.79 Å². The quantitative estimate of drug-likeness (QED) is 0.721. The van der Waals surface area contributed by atoms with Crippen molar-refractivity contribution in [3.05, 3.63) is 24.0 Å². The molecule has 0 spiro atoms. The van der Waals surface area contributed by atoms with Crippen LogP contribution in [0.15, 0.2) is 18.2 Å². The lowest BCUT2D eigenvalue weighted by molar-refractivity contribution is -0.123. The Balaban J connectivity index is 1.66. The maximum Gasteiger partial charge on any atom is 0.220 e. The summed E-state index contributed by atoms with van der Waals surface area (Å²) in [6.07, 6.45) is 1.67. The average Bonchev–Trinajstić information content (AvgIpc) is 2.80. The zero-order chi connectivity index (χ0) is 14.1. The van der Waals surface area contributed by atoms with Gasteiger partial charge in [-0.15, -0.1) is 0 Å². The highest BCUT2D eigenvalue weighted by Crippen LogP contribution is 2.20. The Labute approximate surface area is 117 Å². The number of aromatic nitrogens is 2. The Morgan fingerprint density at radius 1 is 1.40 bits per heavy atom. The molecule has 1 aromatic carbocycles. The van der Waals surface area contributed by atoms with E-state index in [0.717, 1.165) is 55.0 Å². The van der Waals surface area contributed by atoms with Crippen molar-refractivity contribution in [3.63, 3.8) is 0 Å². The third kappa shape index (κ3) is 2.60. The molecule has 2 aromatic rings. The number of primary amides is 1. The molecule has 0 bridgehead atoms. The summed E-state index contributed by atoms with van der Waals surface area (Å²) in [4.78, 5) is 21.3. The molecular formula is C14H19N5O. The fraction of sp³-hybridized carbons (Fsp3) is 0.429. The van der Waals surface area contributed by atoms with E-state index in [1.54, 1.807) is 0 Å². The lowest BCUT2D eigenvalue weighted by atomic mass is 9.96. The van der Waals surface area contributed by atoms with Gasteiger partial charge in [-0.3, -0.25) is 9.69 Å². The molecular weight excluding hydrogens is 254 g/mol. The average molecular weight is 273 g/mol. The number of carbonyl (C=O) groups excluding carboxylic acids is 1. The molecule has 0 unspecified atom stereocenters. The van der Waals surface area contributed by atoms with Crippen molar-refractivity contribution in [1.29, 1.82) is 0 Å². The lowest BCUT2D eigenvalue weighted by Crippen LogP contribution is -2.38. The first-order chi connectivity index (χ1) is 9.61. The van der Waals surface area contributed by atoms with Crippen molar-refractivity contribution in [2.75, 3.05) is 18.8 Å². The number of hydrogen-bond donors (Lipinski definition) is 3. The Bertz CT molecular complexity index is 628. The Morgan fingerprint density at radius 2 is 2.15 bits per heavy atom. The van der Waals surface area contributed by atoms with Crippen molar-refractivity contribution in [3.8, 4) is 0 Å². The van der Waals surface area contributed by atoms with E-state index in [2.05, 4.69) is 14.9 Å². The number of nitrogen functional groups attached to an aromatic ring is 1. The molecule has 6 nitrogen and oxygen atoms in total. The largest absolute Gasteiger partial charge is 0.399 e. The van der Waals surface area contributed by atoms with Gasteiger partial charge in [0.1, 0.15) is 5.82 Å². The van der Waals surface area contributed by atoms with Gasteiger partial charge in [-0.05, 0) is 44.1 Å². The zero-order valence-electron chi connectivity index (χ0n) is 11.3. The molecule has 5 N–H and O–H groups in total. The summed E-state index contributed by atoms with van der Waals surface area (Å²) in [5, 5.41) is 0. The summed E-state index contributed by atoms with van der Waals surface area (Å²) in [6.45, 7) is 2.53. The Morgan fingerprint density at radius 3 is 2.85 bits per heavy atom. The summed E-state index contributed by atoms with van der Waals surface area (Å²) >= 11 is 0. The predicted octanol–water partition coefficient (Wildman–Crippen LogP) is 0.842. The molecule has 106 valence electrons. The third-order valence-electron chi connectivity index (χ3n) is 3.92. The first kappa shape index (κ1) is 12.9. The molecule has 1 saturated heterocycles. The maximum absolute atomic E-state index is 11.1. The molecule has 0 aliphatic carbocycles. The molecule has 1 fully saturated rings. The van der Waals surface area contributed by atoms with E-state index < -0.39 is 0 Å². The molecule has 1 aromatic heterocycles. The molecule has 0 atom stereocenters. The number of fused-ring (bicyclic) bond motifs is 1. The van der Waals surface area contributed by atoms with Gasteiger partial charge in [-0.1, -0.05) is 0 Å².